The van der Waals surface area contributed by atoms with Crippen LogP contribution in [-0.4, -0.2) is 16.8 Å². The molecule has 2 N–H and O–H groups in total. The molecule has 1 aromatic carbocycles. The molecule has 1 rings (SSSR count). The molecular formula is C9H10BrFO2. The standard InChI is InChI=1S/C9H10BrFO2/c10-7-5-6(1-2-8(7)11)9(13)3-4-12/h1-2,5,9,12-13H,3-4H2/t9-/m0/s1. The fraction of sp³-hybridized carbons (Fsp3) is 0.333. The van der Waals surface area contributed by atoms with E-state index >= 15 is 0 Å². The van der Waals surface area contributed by atoms with Gasteiger partial charge in [0.15, 0.2) is 0 Å². The van der Waals surface area contributed by atoms with Crippen LogP contribution in [0.1, 0.15) is 18.1 Å². The molecule has 0 bridgehead atoms. The Kier molecular flexibility index (Phi) is 3.84. The van der Waals surface area contributed by atoms with Crippen LogP contribution in [0.2, 0.25) is 0 Å². The van der Waals surface area contributed by atoms with Crippen molar-refractivity contribution in [2.75, 3.05) is 6.61 Å². The SMILES string of the molecule is OCC[C@H](O)c1ccc(F)c(Br)c1. The smallest absolute Gasteiger partial charge is 0.137 e. The average molecular weight is 249 g/mol. The minimum absolute atomic E-state index is 0.0871. The van der Waals surface area contributed by atoms with E-state index in [-0.39, 0.29) is 18.8 Å². The van der Waals surface area contributed by atoms with Crippen molar-refractivity contribution in [1.29, 1.82) is 0 Å². The molecule has 4 heteroatoms. The quantitative estimate of drug-likeness (QED) is 0.860. The van der Waals surface area contributed by atoms with Crippen molar-refractivity contribution in [2.24, 2.45) is 0 Å². The Hall–Kier alpha value is -0.450. The maximum Gasteiger partial charge on any atom is 0.137 e. The molecule has 13 heavy (non-hydrogen) atoms. The van der Waals surface area contributed by atoms with Gasteiger partial charge in [0.2, 0.25) is 0 Å². The summed E-state index contributed by atoms with van der Waals surface area (Å²) in [6.07, 6.45) is -0.472. The Morgan fingerprint density at radius 3 is 2.69 bits per heavy atom. The third kappa shape index (κ3) is 2.76. The second kappa shape index (κ2) is 4.69. The van der Waals surface area contributed by atoms with Crippen LogP contribution in [-0.2, 0) is 0 Å². The summed E-state index contributed by atoms with van der Waals surface area (Å²) < 4.78 is 13.1. The van der Waals surface area contributed by atoms with E-state index in [0.29, 0.717) is 10.0 Å². The van der Waals surface area contributed by atoms with Crippen molar-refractivity contribution in [3.8, 4) is 0 Å². The lowest BCUT2D eigenvalue weighted by atomic mass is 10.1. The van der Waals surface area contributed by atoms with Crippen LogP contribution < -0.4 is 0 Å². The van der Waals surface area contributed by atoms with E-state index < -0.39 is 6.10 Å². The number of aliphatic hydroxyl groups excluding tert-OH is 2. The molecule has 0 spiro atoms. The van der Waals surface area contributed by atoms with E-state index in [9.17, 15) is 9.50 Å². The number of hydrogen-bond donors (Lipinski definition) is 2. The predicted molar refractivity (Wildman–Crippen MR) is 50.8 cm³/mol. The molecule has 1 aromatic rings. The molecule has 0 radical (unpaired) electrons. The van der Waals surface area contributed by atoms with Crippen LogP contribution in [0.4, 0.5) is 4.39 Å². The Morgan fingerprint density at radius 1 is 1.46 bits per heavy atom. The van der Waals surface area contributed by atoms with Crippen LogP contribution in [0.25, 0.3) is 0 Å². The molecule has 0 saturated heterocycles. The highest BCUT2D eigenvalue weighted by molar-refractivity contribution is 9.10. The van der Waals surface area contributed by atoms with Crippen LogP contribution in [0.15, 0.2) is 22.7 Å². The molecule has 0 aromatic heterocycles. The van der Waals surface area contributed by atoms with Crippen molar-refractivity contribution < 1.29 is 14.6 Å². The van der Waals surface area contributed by atoms with Gasteiger partial charge in [-0.25, -0.2) is 4.39 Å². The lowest BCUT2D eigenvalue weighted by Gasteiger charge is -2.09. The highest BCUT2D eigenvalue weighted by Crippen LogP contribution is 2.22. The summed E-state index contributed by atoms with van der Waals surface area (Å²) in [6.45, 7) is -0.0871. The van der Waals surface area contributed by atoms with Gasteiger partial charge in [-0.3, -0.25) is 0 Å². The van der Waals surface area contributed by atoms with E-state index in [2.05, 4.69) is 15.9 Å². The summed E-state index contributed by atoms with van der Waals surface area (Å²) in [7, 11) is 0. The first-order valence-corrected chi connectivity index (χ1v) is 4.68. The Balaban J connectivity index is 2.84. The highest BCUT2D eigenvalue weighted by Gasteiger charge is 2.08. The molecule has 0 aliphatic carbocycles. The summed E-state index contributed by atoms with van der Waals surface area (Å²) in [5.74, 6) is -0.361. The van der Waals surface area contributed by atoms with Gasteiger partial charge in [0, 0.05) is 13.0 Å². The third-order valence-corrected chi connectivity index (χ3v) is 2.34. The summed E-state index contributed by atoms with van der Waals surface area (Å²) in [5, 5.41) is 18.0. The van der Waals surface area contributed by atoms with E-state index in [0.717, 1.165) is 0 Å². The first kappa shape index (κ1) is 10.6. The molecule has 0 unspecified atom stereocenters. The fourth-order valence-corrected chi connectivity index (χ4v) is 1.41. The third-order valence-electron chi connectivity index (χ3n) is 1.73. The van der Waals surface area contributed by atoms with E-state index in [1.165, 1.54) is 18.2 Å². The van der Waals surface area contributed by atoms with Gasteiger partial charge in [-0.2, -0.15) is 0 Å². The van der Waals surface area contributed by atoms with Crippen LogP contribution in [0.5, 0.6) is 0 Å². The van der Waals surface area contributed by atoms with E-state index in [4.69, 9.17) is 5.11 Å². The zero-order valence-corrected chi connectivity index (χ0v) is 8.46. The zero-order chi connectivity index (χ0) is 9.84. The highest BCUT2D eigenvalue weighted by atomic mass is 79.9. The van der Waals surface area contributed by atoms with Crippen molar-refractivity contribution in [2.45, 2.75) is 12.5 Å². The van der Waals surface area contributed by atoms with Gasteiger partial charge in [0.1, 0.15) is 5.82 Å². The van der Waals surface area contributed by atoms with Crippen molar-refractivity contribution in [1.82, 2.24) is 0 Å². The second-order valence-corrected chi connectivity index (χ2v) is 3.56. The largest absolute Gasteiger partial charge is 0.396 e. The summed E-state index contributed by atoms with van der Waals surface area (Å²) in [6, 6.07) is 4.29. The van der Waals surface area contributed by atoms with Gasteiger partial charge >= 0.3 is 0 Å². The average Bonchev–Trinajstić information content (AvgIpc) is 2.10. The molecule has 2 nitrogen and oxygen atoms in total. The number of aliphatic hydroxyl groups is 2. The predicted octanol–water partition coefficient (Wildman–Crippen LogP) is 2.00. The Bertz CT molecular complexity index is 291. The monoisotopic (exact) mass is 248 g/mol. The molecule has 0 amide bonds. The van der Waals surface area contributed by atoms with Crippen LogP contribution >= 0.6 is 15.9 Å². The lowest BCUT2D eigenvalue weighted by molar-refractivity contribution is 0.134. The summed E-state index contributed by atoms with van der Waals surface area (Å²) in [5.41, 5.74) is 0.599. The minimum atomic E-state index is -0.734. The van der Waals surface area contributed by atoms with Crippen molar-refractivity contribution in [3.05, 3.63) is 34.1 Å². The van der Waals surface area contributed by atoms with Gasteiger partial charge in [0.25, 0.3) is 0 Å². The molecule has 0 aliphatic heterocycles. The first-order valence-electron chi connectivity index (χ1n) is 3.89. The van der Waals surface area contributed by atoms with Crippen LogP contribution in [0, 0.1) is 5.82 Å². The van der Waals surface area contributed by atoms with Crippen molar-refractivity contribution >= 4 is 15.9 Å². The summed E-state index contributed by atoms with van der Waals surface area (Å²) in [4.78, 5) is 0. The molecule has 0 aliphatic rings. The maximum absolute atomic E-state index is 12.8. The van der Waals surface area contributed by atoms with Gasteiger partial charge in [-0.1, -0.05) is 6.07 Å². The lowest BCUT2D eigenvalue weighted by Crippen LogP contribution is -2.00. The molecule has 1 atom stereocenters. The van der Waals surface area contributed by atoms with Gasteiger partial charge in [-0.15, -0.1) is 0 Å². The number of halogens is 2. The van der Waals surface area contributed by atoms with Crippen LogP contribution in [0.3, 0.4) is 0 Å². The number of rotatable bonds is 3. The molecule has 0 heterocycles. The summed E-state index contributed by atoms with van der Waals surface area (Å²) >= 11 is 3.02. The topological polar surface area (TPSA) is 40.5 Å². The van der Waals surface area contributed by atoms with E-state index in [1.54, 1.807) is 0 Å². The van der Waals surface area contributed by atoms with Gasteiger partial charge in [-0.05, 0) is 33.6 Å². The van der Waals surface area contributed by atoms with Crippen molar-refractivity contribution in [3.63, 3.8) is 0 Å². The van der Waals surface area contributed by atoms with Gasteiger partial charge in [0.05, 0.1) is 10.6 Å². The maximum atomic E-state index is 12.8. The molecule has 72 valence electrons. The fourth-order valence-electron chi connectivity index (χ4n) is 1.01. The van der Waals surface area contributed by atoms with Gasteiger partial charge < -0.3 is 10.2 Å². The molecular weight excluding hydrogens is 239 g/mol. The Morgan fingerprint density at radius 2 is 2.15 bits per heavy atom. The minimum Gasteiger partial charge on any atom is -0.396 e. The Labute approximate surface area is 84.1 Å². The van der Waals surface area contributed by atoms with E-state index in [1.807, 2.05) is 0 Å². The molecule has 0 saturated carbocycles. The number of benzene rings is 1. The number of hydrogen-bond acceptors (Lipinski definition) is 2. The zero-order valence-electron chi connectivity index (χ0n) is 6.87. The first-order chi connectivity index (χ1) is 6.15. The molecule has 0 fully saturated rings. The normalized spacial score (nSPS) is 12.9. The second-order valence-electron chi connectivity index (χ2n) is 2.70.